The highest BCUT2D eigenvalue weighted by molar-refractivity contribution is 6.04. The third-order valence-electron chi connectivity index (χ3n) is 4.77. The van der Waals surface area contributed by atoms with E-state index in [-0.39, 0.29) is 5.91 Å². The van der Waals surface area contributed by atoms with Crippen molar-refractivity contribution in [2.45, 2.75) is 31.3 Å². The van der Waals surface area contributed by atoms with E-state index >= 15 is 0 Å². The second-order valence-electron chi connectivity index (χ2n) is 6.17. The van der Waals surface area contributed by atoms with Crippen molar-refractivity contribution in [3.8, 4) is 0 Å². The lowest BCUT2D eigenvalue weighted by atomic mass is 10.1. The van der Waals surface area contributed by atoms with Gasteiger partial charge in [-0.25, -0.2) is 0 Å². The first kappa shape index (κ1) is 12.8. The van der Waals surface area contributed by atoms with E-state index in [4.69, 9.17) is 0 Å². The fourth-order valence-corrected chi connectivity index (χ4v) is 3.65. The molecule has 0 spiro atoms. The summed E-state index contributed by atoms with van der Waals surface area (Å²) < 4.78 is 1.80. The van der Waals surface area contributed by atoms with E-state index in [1.165, 1.54) is 12.8 Å². The van der Waals surface area contributed by atoms with Crippen LogP contribution >= 0.6 is 0 Å². The largest absolute Gasteiger partial charge is 0.336 e. The van der Waals surface area contributed by atoms with Gasteiger partial charge in [-0.3, -0.25) is 9.48 Å². The third kappa shape index (κ3) is 2.12. The average molecular weight is 284 g/mol. The summed E-state index contributed by atoms with van der Waals surface area (Å²) in [5.74, 6) is 0.0705. The minimum absolute atomic E-state index is 0.0705. The predicted octanol–water partition coefficient (Wildman–Crippen LogP) is 1.54. The Morgan fingerprint density at radius 3 is 2.95 bits per heavy atom. The van der Waals surface area contributed by atoms with Crippen LogP contribution in [0.25, 0.3) is 10.9 Å². The number of nitrogens with one attached hydrogen (secondary N) is 1. The Balaban J connectivity index is 1.67. The molecule has 4 rings (SSSR count). The molecule has 2 fully saturated rings. The van der Waals surface area contributed by atoms with Crippen molar-refractivity contribution >= 4 is 16.8 Å². The number of hydrogen-bond acceptors (Lipinski definition) is 3. The van der Waals surface area contributed by atoms with E-state index in [9.17, 15) is 4.79 Å². The van der Waals surface area contributed by atoms with E-state index < -0.39 is 0 Å². The van der Waals surface area contributed by atoms with Crippen LogP contribution in [0.4, 0.5) is 0 Å². The van der Waals surface area contributed by atoms with Gasteiger partial charge < -0.3 is 10.2 Å². The number of carbonyl (C=O) groups excluding carboxylic acids is 1. The number of rotatable bonds is 1. The second-order valence-corrected chi connectivity index (χ2v) is 6.17. The van der Waals surface area contributed by atoms with Crippen molar-refractivity contribution in [1.82, 2.24) is 20.0 Å². The highest BCUT2D eigenvalue weighted by Gasteiger charge is 2.32. The molecular formula is C16H20N4O. The Labute approximate surface area is 123 Å². The first-order chi connectivity index (χ1) is 10.2. The zero-order valence-corrected chi connectivity index (χ0v) is 12.2. The lowest BCUT2D eigenvalue weighted by Gasteiger charge is -2.23. The number of hydrogen-bond donors (Lipinski definition) is 1. The number of likely N-dealkylation sites (tertiary alicyclic amines) is 1. The van der Waals surface area contributed by atoms with E-state index in [2.05, 4.69) is 10.4 Å². The molecule has 1 amide bonds. The molecule has 2 aromatic rings. The Kier molecular flexibility index (Phi) is 2.96. The SMILES string of the molecule is Cn1nc(C(=O)N2CCC3CCC(C2)N3)c2ccccc21. The number of carbonyl (C=O) groups is 1. The minimum Gasteiger partial charge on any atom is -0.336 e. The number of nitrogens with zero attached hydrogens (tertiary/aromatic N) is 3. The topological polar surface area (TPSA) is 50.2 Å². The summed E-state index contributed by atoms with van der Waals surface area (Å²) in [4.78, 5) is 14.9. The van der Waals surface area contributed by atoms with Crippen molar-refractivity contribution in [2.24, 2.45) is 7.05 Å². The first-order valence-electron chi connectivity index (χ1n) is 7.69. The number of fused-ring (bicyclic) bond motifs is 3. The minimum atomic E-state index is 0.0705. The van der Waals surface area contributed by atoms with Crippen LogP contribution in [0.2, 0.25) is 0 Å². The molecule has 110 valence electrons. The van der Waals surface area contributed by atoms with Gasteiger partial charge in [0.25, 0.3) is 5.91 Å². The van der Waals surface area contributed by atoms with Crippen molar-refractivity contribution in [2.75, 3.05) is 13.1 Å². The molecule has 2 aliphatic heterocycles. The summed E-state index contributed by atoms with van der Waals surface area (Å²) in [5, 5.41) is 9.03. The van der Waals surface area contributed by atoms with Gasteiger partial charge in [0.05, 0.1) is 5.52 Å². The Morgan fingerprint density at radius 1 is 1.24 bits per heavy atom. The van der Waals surface area contributed by atoms with Gasteiger partial charge in [-0.15, -0.1) is 0 Å². The average Bonchev–Trinajstić information content (AvgIpc) is 2.99. The molecule has 0 aliphatic carbocycles. The van der Waals surface area contributed by atoms with Crippen LogP contribution < -0.4 is 5.32 Å². The van der Waals surface area contributed by atoms with Crippen LogP contribution in [0.15, 0.2) is 24.3 Å². The van der Waals surface area contributed by atoms with Gasteiger partial charge in [-0.1, -0.05) is 18.2 Å². The standard InChI is InChI=1S/C16H20N4O/c1-19-14-5-3-2-4-13(14)15(18-19)16(21)20-9-8-11-6-7-12(10-20)17-11/h2-5,11-12,17H,6-10H2,1H3. The van der Waals surface area contributed by atoms with Gasteiger partial charge in [0.1, 0.15) is 0 Å². The molecule has 0 radical (unpaired) electrons. The zero-order valence-electron chi connectivity index (χ0n) is 12.2. The van der Waals surface area contributed by atoms with Crippen LogP contribution in [0.5, 0.6) is 0 Å². The van der Waals surface area contributed by atoms with Gasteiger partial charge in [0.2, 0.25) is 0 Å². The third-order valence-corrected chi connectivity index (χ3v) is 4.77. The molecule has 2 unspecified atom stereocenters. The summed E-state index contributed by atoms with van der Waals surface area (Å²) in [6, 6.07) is 8.98. The molecule has 2 aliphatic rings. The maximum atomic E-state index is 12.9. The van der Waals surface area contributed by atoms with Crippen molar-refractivity contribution in [3.05, 3.63) is 30.0 Å². The molecule has 5 nitrogen and oxygen atoms in total. The van der Waals surface area contributed by atoms with Gasteiger partial charge in [-0.05, 0) is 25.3 Å². The lowest BCUT2D eigenvalue weighted by molar-refractivity contribution is 0.0743. The van der Waals surface area contributed by atoms with E-state index in [0.29, 0.717) is 17.8 Å². The second kappa shape index (κ2) is 4.84. The van der Waals surface area contributed by atoms with Gasteiger partial charge in [0.15, 0.2) is 5.69 Å². The van der Waals surface area contributed by atoms with Crippen LogP contribution in [-0.2, 0) is 7.05 Å². The van der Waals surface area contributed by atoms with Crippen molar-refractivity contribution < 1.29 is 4.79 Å². The molecule has 1 N–H and O–H groups in total. The van der Waals surface area contributed by atoms with Crippen LogP contribution in [-0.4, -0.2) is 45.8 Å². The first-order valence-corrected chi connectivity index (χ1v) is 7.69. The van der Waals surface area contributed by atoms with E-state index in [0.717, 1.165) is 30.4 Å². The van der Waals surface area contributed by atoms with E-state index in [1.807, 2.05) is 36.2 Å². The summed E-state index contributed by atoms with van der Waals surface area (Å²) in [6.07, 6.45) is 3.48. The number of para-hydroxylation sites is 1. The fraction of sp³-hybridized carbons (Fsp3) is 0.500. The molecular weight excluding hydrogens is 264 g/mol. The van der Waals surface area contributed by atoms with Crippen LogP contribution in [0.3, 0.4) is 0 Å². The van der Waals surface area contributed by atoms with Gasteiger partial charge in [0, 0.05) is 37.6 Å². The van der Waals surface area contributed by atoms with Crippen LogP contribution in [0, 0.1) is 0 Å². The summed E-state index contributed by atoms with van der Waals surface area (Å²) >= 11 is 0. The molecule has 1 aromatic carbocycles. The summed E-state index contributed by atoms with van der Waals surface area (Å²) in [7, 11) is 1.89. The molecule has 0 saturated carbocycles. The normalized spacial score (nSPS) is 25.3. The monoisotopic (exact) mass is 284 g/mol. The fourth-order valence-electron chi connectivity index (χ4n) is 3.65. The number of amides is 1. The maximum Gasteiger partial charge on any atom is 0.275 e. The molecule has 2 atom stereocenters. The number of aryl methyl sites for hydroxylation is 1. The van der Waals surface area contributed by atoms with Gasteiger partial charge >= 0.3 is 0 Å². The smallest absolute Gasteiger partial charge is 0.275 e. The highest BCUT2D eigenvalue weighted by atomic mass is 16.2. The molecule has 1 aromatic heterocycles. The molecule has 5 heteroatoms. The molecule has 3 heterocycles. The summed E-state index contributed by atoms with van der Waals surface area (Å²) in [5.41, 5.74) is 1.60. The van der Waals surface area contributed by atoms with Crippen molar-refractivity contribution in [3.63, 3.8) is 0 Å². The Hall–Kier alpha value is -1.88. The Morgan fingerprint density at radius 2 is 2.05 bits per heavy atom. The molecule has 21 heavy (non-hydrogen) atoms. The molecule has 2 bridgehead atoms. The zero-order chi connectivity index (χ0) is 14.4. The van der Waals surface area contributed by atoms with E-state index in [1.54, 1.807) is 4.68 Å². The number of aromatic nitrogens is 2. The lowest BCUT2D eigenvalue weighted by Crippen LogP contribution is -2.39. The molecule has 2 saturated heterocycles. The quantitative estimate of drug-likeness (QED) is 0.864. The summed E-state index contributed by atoms with van der Waals surface area (Å²) in [6.45, 7) is 1.64. The van der Waals surface area contributed by atoms with Crippen molar-refractivity contribution in [1.29, 1.82) is 0 Å². The number of benzene rings is 1. The van der Waals surface area contributed by atoms with Crippen LogP contribution in [0.1, 0.15) is 29.8 Å². The highest BCUT2D eigenvalue weighted by Crippen LogP contribution is 2.23. The predicted molar refractivity (Wildman–Crippen MR) is 81.2 cm³/mol. The van der Waals surface area contributed by atoms with Gasteiger partial charge in [-0.2, -0.15) is 5.10 Å². The maximum absolute atomic E-state index is 12.9. The Bertz CT molecular complexity index is 693.